The minimum atomic E-state index is 0.605. The van der Waals surface area contributed by atoms with Gasteiger partial charge in [-0.15, -0.1) is 0 Å². The first kappa shape index (κ1) is 10.7. The zero-order valence-electron chi connectivity index (χ0n) is 8.75. The van der Waals surface area contributed by atoms with Crippen LogP contribution in [0.3, 0.4) is 0 Å². The maximum absolute atomic E-state index is 5.09. The fourth-order valence-corrected chi connectivity index (χ4v) is 1.68. The molecule has 1 aliphatic carbocycles. The molecule has 0 amide bonds. The molecule has 2 unspecified atom stereocenters. The van der Waals surface area contributed by atoms with E-state index < -0.39 is 0 Å². The minimum absolute atomic E-state index is 0.605. The maximum Gasteiger partial charge on any atom is 0.0499 e. The van der Waals surface area contributed by atoms with Crippen LogP contribution in [0.1, 0.15) is 26.2 Å². The molecule has 0 aliphatic heterocycles. The molecule has 1 aliphatic rings. The van der Waals surface area contributed by atoms with Crippen molar-refractivity contribution in [3.8, 4) is 0 Å². The van der Waals surface area contributed by atoms with E-state index in [1.807, 2.05) is 0 Å². The quantitative estimate of drug-likeness (QED) is 0.658. The summed E-state index contributed by atoms with van der Waals surface area (Å²) in [6.45, 7) is 4.12. The number of methoxy groups -OCH3 is 1. The van der Waals surface area contributed by atoms with E-state index in [0.29, 0.717) is 12.0 Å². The van der Waals surface area contributed by atoms with Gasteiger partial charge in [-0.25, -0.2) is 0 Å². The number of hydrogen-bond acceptors (Lipinski definition) is 2. The Kier molecular flexibility index (Phi) is 5.09. The van der Waals surface area contributed by atoms with Crippen LogP contribution in [0.2, 0.25) is 0 Å². The average molecular weight is 183 g/mol. The van der Waals surface area contributed by atoms with Gasteiger partial charge in [0.05, 0.1) is 0 Å². The molecule has 0 saturated carbocycles. The van der Waals surface area contributed by atoms with Crippen molar-refractivity contribution in [1.29, 1.82) is 0 Å². The van der Waals surface area contributed by atoms with Gasteiger partial charge >= 0.3 is 0 Å². The van der Waals surface area contributed by atoms with Crippen molar-refractivity contribution < 1.29 is 4.74 Å². The van der Waals surface area contributed by atoms with Gasteiger partial charge in [-0.3, -0.25) is 0 Å². The van der Waals surface area contributed by atoms with Crippen LogP contribution in [-0.4, -0.2) is 26.3 Å². The summed E-state index contributed by atoms with van der Waals surface area (Å²) in [5.41, 5.74) is 0. The fraction of sp³-hybridized carbons (Fsp3) is 0.818. The second-order valence-corrected chi connectivity index (χ2v) is 3.93. The fourth-order valence-electron chi connectivity index (χ4n) is 1.68. The zero-order valence-corrected chi connectivity index (χ0v) is 8.75. The Morgan fingerprint density at radius 3 is 3.08 bits per heavy atom. The van der Waals surface area contributed by atoms with Gasteiger partial charge in [0.1, 0.15) is 0 Å². The lowest BCUT2D eigenvalue weighted by Crippen LogP contribution is -2.33. The van der Waals surface area contributed by atoms with Crippen LogP contribution >= 0.6 is 0 Å². The molecule has 0 fully saturated rings. The summed E-state index contributed by atoms with van der Waals surface area (Å²) >= 11 is 0. The van der Waals surface area contributed by atoms with E-state index in [1.165, 1.54) is 19.3 Å². The van der Waals surface area contributed by atoms with Crippen LogP contribution in [0.4, 0.5) is 0 Å². The van der Waals surface area contributed by atoms with Crippen LogP contribution in [-0.2, 0) is 4.74 Å². The maximum atomic E-state index is 5.09. The third-order valence-electron chi connectivity index (χ3n) is 2.43. The summed E-state index contributed by atoms with van der Waals surface area (Å²) in [7, 11) is 1.76. The standard InChI is InChI=1S/C11H21NO/c1-10(9-13-2)8-12-11-6-4-3-5-7-11/h4,6,10-12H,3,5,7-9H2,1-2H3. The molecule has 2 nitrogen and oxygen atoms in total. The molecule has 0 bridgehead atoms. The SMILES string of the molecule is COCC(C)CNC1C=CCCC1. The molecule has 0 aromatic carbocycles. The zero-order chi connectivity index (χ0) is 9.52. The van der Waals surface area contributed by atoms with Crippen molar-refractivity contribution in [3.63, 3.8) is 0 Å². The van der Waals surface area contributed by atoms with E-state index in [9.17, 15) is 0 Å². The third-order valence-corrected chi connectivity index (χ3v) is 2.43. The Hall–Kier alpha value is -0.340. The Bertz CT molecular complexity index is 156. The Labute approximate surface area is 81.4 Å². The lowest BCUT2D eigenvalue weighted by atomic mass is 10.0. The summed E-state index contributed by atoms with van der Waals surface area (Å²) in [5, 5.41) is 3.54. The number of ether oxygens (including phenoxy) is 1. The van der Waals surface area contributed by atoms with Crippen molar-refractivity contribution in [3.05, 3.63) is 12.2 Å². The second-order valence-electron chi connectivity index (χ2n) is 3.93. The molecule has 2 heteroatoms. The second kappa shape index (κ2) is 6.17. The van der Waals surface area contributed by atoms with E-state index in [0.717, 1.165) is 13.2 Å². The molecular weight excluding hydrogens is 162 g/mol. The number of rotatable bonds is 5. The van der Waals surface area contributed by atoms with Crippen LogP contribution < -0.4 is 5.32 Å². The highest BCUT2D eigenvalue weighted by atomic mass is 16.5. The summed E-state index contributed by atoms with van der Waals surface area (Å²) in [6, 6.07) is 0.605. The highest BCUT2D eigenvalue weighted by Gasteiger charge is 2.08. The molecular formula is C11H21NO. The van der Waals surface area contributed by atoms with Gasteiger partial charge in [0.25, 0.3) is 0 Å². The summed E-state index contributed by atoms with van der Waals surface area (Å²) in [5.74, 6) is 0.611. The van der Waals surface area contributed by atoms with Gasteiger partial charge in [0.2, 0.25) is 0 Å². The van der Waals surface area contributed by atoms with Crippen LogP contribution in [0.5, 0.6) is 0 Å². The van der Waals surface area contributed by atoms with Crippen molar-refractivity contribution in [1.82, 2.24) is 5.32 Å². The van der Waals surface area contributed by atoms with Crippen molar-refractivity contribution in [2.24, 2.45) is 5.92 Å². The summed E-state index contributed by atoms with van der Waals surface area (Å²) in [4.78, 5) is 0. The topological polar surface area (TPSA) is 21.3 Å². The predicted molar refractivity (Wildman–Crippen MR) is 55.8 cm³/mol. The van der Waals surface area contributed by atoms with Crippen LogP contribution in [0.15, 0.2) is 12.2 Å². The molecule has 76 valence electrons. The monoisotopic (exact) mass is 183 g/mol. The van der Waals surface area contributed by atoms with Gasteiger partial charge in [0.15, 0.2) is 0 Å². The first-order valence-corrected chi connectivity index (χ1v) is 5.22. The molecule has 0 aromatic heterocycles. The third kappa shape index (κ3) is 4.44. The minimum Gasteiger partial charge on any atom is -0.384 e. The van der Waals surface area contributed by atoms with E-state index >= 15 is 0 Å². The first-order chi connectivity index (χ1) is 6.33. The van der Waals surface area contributed by atoms with E-state index in [-0.39, 0.29) is 0 Å². The molecule has 2 atom stereocenters. The summed E-state index contributed by atoms with van der Waals surface area (Å²) < 4.78 is 5.09. The average Bonchev–Trinajstić information content (AvgIpc) is 2.17. The van der Waals surface area contributed by atoms with Gasteiger partial charge in [-0.05, 0) is 25.2 Å². The van der Waals surface area contributed by atoms with Gasteiger partial charge in [-0.1, -0.05) is 19.1 Å². The first-order valence-electron chi connectivity index (χ1n) is 5.22. The smallest absolute Gasteiger partial charge is 0.0499 e. The van der Waals surface area contributed by atoms with E-state index in [4.69, 9.17) is 4.74 Å². The molecule has 0 heterocycles. The predicted octanol–water partition coefficient (Wildman–Crippen LogP) is 1.97. The van der Waals surface area contributed by atoms with Crippen molar-refractivity contribution in [2.45, 2.75) is 32.2 Å². The van der Waals surface area contributed by atoms with Crippen molar-refractivity contribution in [2.75, 3.05) is 20.3 Å². The molecule has 1 N–H and O–H groups in total. The van der Waals surface area contributed by atoms with Gasteiger partial charge < -0.3 is 10.1 Å². The number of nitrogens with one attached hydrogen (secondary N) is 1. The lowest BCUT2D eigenvalue weighted by molar-refractivity contribution is 0.157. The van der Waals surface area contributed by atoms with Crippen LogP contribution in [0.25, 0.3) is 0 Å². The van der Waals surface area contributed by atoms with Gasteiger partial charge in [0, 0.05) is 26.3 Å². The van der Waals surface area contributed by atoms with E-state index in [1.54, 1.807) is 7.11 Å². The Morgan fingerprint density at radius 2 is 2.46 bits per heavy atom. The molecule has 1 rings (SSSR count). The molecule has 0 aromatic rings. The highest BCUT2D eigenvalue weighted by Crippen LogP contribution is 2.10. The largest absolute Gasteiger partial charge is 0.384 e. The van der Waals surface area contributed by atoms with Crippen LogP contribution in [0, 0.1) is 5.92 Å². The highest BCUT2D eigenvalue weighted by molar-refractivity contribution is 4.97. The number of hydrogen-bond donors (Lipinski definition) is 1. The van der Waals surface area contributed by atoms with Gasteiger partial charge in [-0.2, -0.15) is 0 Å². The normalized spacial score (nSPS) is 24.6. The Balaban J connectivity index is 2.10. The Morgan fingerprint density at radius 1 is 1.62 bits per heavy atom. The lowest BCUT2D eigenvalue weighted by Gasteiger charge is -2.20. The molecule has 13 heavy (non-hydrogen) atoms. The molecule has 0 saturated heterocycles. The van der Waals surface area contributed by atoms with Crippen molar-refractivity contribution >= 4 is 0 Å². The van der Waals surface area contributed by atoms with E-state index in [2.05, 4.69) is 24.4 Å². The molecule has 0 spiro atoms. The number of allylic oxidation sites excluding steroid dienone is 1. The summed E-state index contributed by atoms with van der Waals surface area (Å²) in [6.07, 6.45) is 8.44. The molecule has 0 radical (unpaired) electrons.